The predicted molar refractivity (Wildman–Crippen MR) is 43.6 cm³/mol. The molecule has 0 amide bonds. The summed E-state index contributed by atoms with van der Waals surface area (Å²) in [5, 5.41) is 0. The van der Waals surface area contributed by atoms with Gasteiger partial charge in [0.05, 0.1) is 0 Å². The smallest absolute Gasteiger partial charge is 0.165 e. The van der Waals surface area contributed by atoms with Crippen molar-refractivity contribution < 1.29 is 9.13 Å². The maximum atomic E-state index is 13.0. The van der Waals surface area contributed by atoms with Gasteiger partial charge in [-0.1, -0.05) is 12.1 Å². The molecule has 1 atom stereocenters. The van der Waals surface area contributed by atoms with Crippen LogP contribution in [0.1, 0.15) is 5.56 Å². The normalized spacial score (nSPS) is 21.3. The average molecular weight is 167 g/mol. The Labute approximate surface area is 70.1 Å². The van der Waals surface area contributed by atoms with Crippen LogP contribution in [0, 0.1) is 5.82 Å². The Balaban J connectivity index is 2.42. The molecule has 2 nitrogen and oxygen atoms in total. The maximum absolute atomic E-state index is 13.0. The van der Waals surface area contributed by atoms with Gasteiger partial charge in [-0.15, -0.1) is 0 Å². The zero-order valence-electron chi connectivity index (χ0n) is 6.59. The van der Waals surface area contributed by atoms with Gasteiger partial charge in [0.25, 0.3) is 0 Å². The highest BCUT2D eigenvalue weighted by molar-refractivity contribution is 5.37. The summed E-state index contributed by atoms with van der Waals surface area (Å²) in [6, 6.07) is 4.92. The van der Waals surface area contributed by atoms with E-state index >= 15 is 0 Å². The summed E-state index contributed by atoms with van der Waals surface area (Å²) >= 11 is 0. The van der Waals surface area contributed by atoms with Crippen molar-refractivity contribution in [1.82, 2.24) is 0 Å². The van der Waals surface area contributed by atoms with Gasteiger partial charge in [-0.25, -0.2) is 4.39 Å². The topological polar surface area (TPSA) is 35.2 Å². The summed E-state index contributed by atoms with van der Waals surface area (Å²) < 4.78 is 18.2. The molecule has 0 aromatic heterocycles. The van der Waals surface area contributed by atoms with E-state index in [4.69, 9.17) is 10.5 Å². The van der Waals surface area contributed by atoms with Crippen LogP contribution in [0.2, 0.25) is 0 Å². The molecule has 0 saturated heterocycles. The molecule has 1 aliphatic rings. The van der Waals surface area contributed by atoms with Crippen molar-refractivity contribution in [3.05, 3.63) is 29.6 Å². The molecule has 0 radical (unpaired) electrons. The molecule has 64 valence electrons. The first-order valence-electron chi connectivity index (χ1n) is 3.93. The van der Waals surface area contributed by atoms with Gasteiger partial charge in [0.1, 0.15) is 6.61 Å². The summed E-state index contributed by atoms with van der Waals surface area (Å²) in [5.41, 5.74) is 6.52. The van der Waals surface area contributed by atoms with Crippen molar-refractivity contribution in [1.29, 1.82) is 0 Å². The van der Waals surface area contributed by atoms with Crippen LogP contribution in [0.3, 0.4) is 0 Å². The Morgan fingerprint density at radius 3 is 3.17 bits per heavy atom. The maximum Gasteiger partial charge on any atom is 0.165 e. The molecule has 1 aromatic rings. The molecule has 2 N–H and O–H groups in total. The molecule has 0 unspecified atom stereocenters. The molecule has 3 heteroatoms. The van der Waals surface area contributed by atoms with Gasteiger partial charge in [-0.05, 0) is 18.1 Å². The highest BCUT2D eigenvalue weighted by Crippen LogP contribution is 2.26. The second-order valence-electron chi connectivity index (χ2n) is 3.00. The molecule has 0 aliphatic carbocycles. The Morgan fingerprint density at radius 2 is 2.33 bits per heavy atom. The molecule has 0 spiro atoms. The lowest BCUT2D eigenvalue weighted by molar-refractivity contribution is 0.251. The van der Waals surface area contributed by atoms with Gasteiger partial charge in [0.15, 0.2) is 11.6 Å². The van der Waals surface area contributed by atoms with Crippen molar-refractivity contribution in [2.45, 2.75) is 12.5 Å². The lowest BCUT2D eigenvalue weighted by Crippen LogP contribution is -2.34. The van der Waals surface area contributed by atoms with Crippen molar-refractivity contribution in [2.24, 2.45) is 5.73 Å². The molecule has 0 fully saturated rings. The van der Waals surface area contributed by atoms with Gasteiger partial charge in [-0.2, -0.15) is 0 Å². The molecule has 0 saturated carbocycles. The number of ether oxygens (including phenoxy) is 1. The van der Waals surface area contributed by atoms with Crippen LogP contribution in [0.25, 0.3) is 0 Å². The van der Waals surface area contributed by atoms with Crippen LogP contribution >= 0.6 is 0 Å². The predicted octanol–water partition coefficient (Wildman–Crippen LogP) is 1.09. The van der Waals surface area contributed by atoms with Gasteiger partial charge >= 0.3 is 0 Å². The van der Waals surface area contributed by atoms with Crippen LogP contribution < -0.4 is 10.5 Å². The lowest BCUT2D eigenvalue weighted by atomic mass is 10.0. The third-order valence-electron chi connectivity index (χ3n) is 1.97. The van der Waals surface area contributed by atoms with E-state index in [1.807, 2.05) is 6.07 Å². The van der Waals surface area contributed by atoms with Crippen LogP contribution in [0.5, 0.6) is 5.75 Å². The lowest BCUT2D eigenvalue weighted by Gasteiger charge is -2.22. The molecule has 0 bridgehead atoms. The van der Waals surface area contributed by atoms with E-state index in [1.54, 1.807) is 6.07 Å². The van der Waals surface area contributed by atoms with E-state index in [0.717, 1.165) is 5.56 Å². The van der Waals surface area contributed by atoms with E-state index in [0.29, 0.717) is 18.8 Å². The van der Waals surface area contributed by atoms with E-state index in [9.17, 15) is 4.39 Å². The van der Waals surface area contributed by atoms with E-state index in [2.05, 4.69) is 0 Å². The van der Waals surface area contributed by atoms with E-state index in [1.165, 1.54) is 6.07 Å². The molecule has 12 heavy (non-hydrogen) atoms. The quantitative estimate of drug-likeness (QED) is 0.627. The highest BCUT2D eigenvalue weighted by atomic mass is 19.1. The zero-order valence-corrected chi connectivity index (χ0v) is 6.59. The summed E-state index contributed by atoms with van der Waals surface area (Å²) in [4.78, 5) is 0. The Hall–Kier alpha value is -1.09. The number of benzene rings is 1. The first kappa shape index (κ1) is 7.55. The molecular weight excluding hydrogens is 157 g/mol. The summed E-state index contributed by atoms with van der Waals surface area (Å²) in [6.45, 7) is 0.411. The monoisotopic (exact) mass is 167 g/mol. The third-order valence-corrected chi connectivity index (χ3v) is 1.97. The number of rotatable bonds is 0. The van der Waals surface area contributed by atoms with E-state index < -0.39 is 0 Å². The second kappa shape index (κ2) is 2.75. The number of fused-ring (bicyclic) bond motifs is 1. The van der Waals surface area contributed by atoms with Gasteiger partial charge in [-0.3, -0.25) is 0 Å². The average Bonchev–Trinajstić information content (AvgIpc) is 2.04. The van der Waals surface area contributed by atoms with Crippen LogP contribution in [0.4, 0.5) is 4.39 Å². The van der Waals surface area contributed by atoms with Crippen molar-refractivity contribution >= 4 is 0 Å². The van der Waals surface area contributed by atoms with Crippen molar-refractivity contribution in [3.8, 4) is 5.75 Å². The van der Waals surface area contributed by atoms with Gasteiger partial charge in [0.2, 0.25) is 0 Å². The van der Waals surface area contributed by atoms with Crippen LogP contribution in [-0.4, -0.2) is 12.6 Å². The number of hydrogen-bond donors (Lipinski definition) is 1. The molecule has 1 heterocycles. The van der Waals surface area contributed by atoms with Gasteiger partial charge in [0, 0.05) is 6.04 Å². The van der Waals surface area contributed by atoms with Gasteiger partial charge < -0.3 is 10.5 Å². The SMILES string of the molecule is N[C@@H]1COc2c(F)cccc2C1. The number of para-hydroxylation sites is 1. The fourth-order valence-corrected chi connectivity index (χ4v) is 1.41. The standard InChI is InChI=1S/C9H10FNO/c10-8-3-1-2-6-4-7(11)5-12-9(6)8/h1-3,7H,4-5,11H2/t7-/m0/s1. The fourth-order valence-electron chi connectivity index (χ4n) is 1.41. The first-order chi connectivity index (χ1) is 5.77. The van der Waals surface area contributed by atoms with Crippen LogP contribution in [0.15, 0.2) is 18.2 Å². The largest absolute Gasteiger partial charge is 0.489 e. The minimum Gasteiger partial charge on any atom is -0.489 e. The second-order valence-corrected chi connectivity index (χ2v) is 3.00. The number of nitrogens with two attached hydrogens (primary N) is 1. The summed E-state index contributed by atoms with van der Waals surface area (Å²) in [6.07, 6.45) is 0.701. The molecule has 1 aliphatic heterocycles. The molecule has 2 rings (SSSR count). The van der Waals surface area contributed by atoms with Crippen LogP contribution in [-0.2, 0) is 6.42 Å². The molecule has 1 aromatic carbocycles. The van der Waals surface area contributed by atoms with E-state index in [-0.39, 0.29) is 11.9 Å². The van der Waals surface area contributed by atoms with Crippen molar-refractivity contribution in [3.63, 3.8) is 0 Å². The highest BCUT2D eigenvalue weighted by Gasteiger charge is 2.18. The first-order valence-corrected chi connectivity index (χ1v) is 3.93. The minimum absolute atomic E-state index is 0.000648. The fraction of sp³-hybridized carbons (Fsp3) is 0.333. The minimum atomic E-state index is -0.292. The summed E-state index contributed by atoms with van der Waals surface area (Å²) in [5.74, 6) is 0.0820. The Bertz CT molecular complexity index is 301. The number of halogens is 1. The Kier molecular flexibility index (Phi) is 1.73. The number of hydrogen-bond acceptors (Lipinski definition) is 2. The summed E-state index contributed by atoms with van der Waals surface area (Å²) in [7, 11) is 0. The van der Waals surface area contributed by atoms with Crippen molar-refractivity contribution in [2.75, 3.05) is 6.61 Å². The Morgan fingerprint density at radius 1 is 1.50 bits per heavy atom. The zero-order chi connectivity index (χ0) is 8.55. The molecular formula is C9H10FNO. The third kappa shape index (κ3) is 1.16.